The normalized spacial score (nSPS) is 11.7. The van der Waals surface area contributed by atoms with E-state index < -0.39 is 0 Å². The Hall–Kier alpha value is -4.27. The summed E-state index contributed by atoms with van der Waals surface area (Å²) in [6, 6.07) is 35.4. The second-order valence-electron chi connectivity index (χ2n) is 11.8. The monoisotopic (exact) mass is 744 g/mol. The van der Waals surface area contributed by atoms with Gasteiger partial charge in [-0.05, 0) is 66.3 Å². The van der Waals surface area contributed by atoms with Gasteiger partial charge in [-0.2, -0.15) is 0 Å². The van der Waals surface area contributed by atoms with E-state index in [1.54, 1.807) is 12.3 Å². The van der Waals surface area contributed by atoms with Gasteiger partial charge in [0.2, 0.25) is 5.89 Å². The van der Waals surface area contributed by atoms with Crippen molar-refractivity contribution in [3.05, 3.63) is 125 Å². The number of para-hydroxylation sites is 1. The molecule has 43 heavy (non-hydrogen) atoms. The number of hydrogen-bond donors (Lipinski definition) is 1. The molecule has 0 aliphatic rings. The fraction of sp³-hybridized carbons (Fsp3) is 0.158. The molecule has 1 heterocycles. The third kappa shape index (κ3) is 6.40. The first-order valence-corrected chi connectivity index (χ1v) is 14.1. The molecule has 5 heteroatoms. The minimum Gasteiger partial charge on any atom is -0.507 e. The van der Waals surface area contributed by atoms with Crippen LogP contribution < -0.4 is 0 Å². The summed E-state index contributed by atoms with van der Waals surface area (Å²) >= 11 is 0. The Bertz CT molecular complexity index is 1930. The minimum absolute atomic E-state index is 0. The zero-order valence-corrected chi connectivity index (χ0v) is 27.2. The molecule has 0 aliphatic heterocycles. The summed E-state index contributed by atoms with van der Waals surface area (Å²) in [7, 11) is 0. The summed E-state index contributed by atoms with van der Waals surface area (Å²) in [6.45, 7) is 10.8. The number of aromatic hydroxyl groups is 1. The van der Waals surface area contributed by atoms with Crippen molar-refractivity contribution < 1.29 is 30.6 Å². The van der Waals surface area contributed by atoms with Crippen LogP contribution in [0.1, 0.15) is 43.0 Å². The predicted octanol–water partition coefficient (Wildman–Crippen LogP) is 10.00. The number of aryl methyl sites for hydroxylation is 2. The number of rotatable bonds is 5. The number of phenols is 1. The van der Waals surface area contributed by atoms with Gasteiger partial charge in [0, 0.05) is 32.8 Å². The molecular weight excluding hydrogens is 712 g/mol. The zero-order valence-electron chi connectivity index (χ0n) is 24.9. The van der Waals surface area contributed by atoms with Crippen LogP contribution in [0.15, 0.2) is 106 Å². The third-order valence-electron chi connectivity index (χ3n) is 7.42. The molecule has 1 aromatic heterocycles. The molecule has 5 aromatic carbocycles. The van der Waals surface area contributed by atoms with Gasteiger partial charge in [0.25, 0.3) is 0 Å². The molecular formula is C38H33N2O2Pt-. The molecule has 0 spiro atoms. The SMILES string of the molecule is Cc1cc(C)cc(-c2ccc(O)c(C=Nc3ccccc3-c3nc4c(-c5[c-]cccc5)cc(C(C)(C)C)cc4o3)c2)c1.[Pt]. The number of aromatic nitrogens is 1. The quantitative estimate of drug-likeness (QED) is 0.141. The average Bonchev–Trinajstić information content (AvgIpc) is 3.40. The molecule has 0 aliphatic carbocycles. The molecule has 0 saturated carbocycles. The molecule has 0 amide bonds. The fourth-order valence-electron chi connectivity index (χ4n) is 5.23. The van der Waals surface area contributed by atoms with E-state index in [1.807, 2.05) is 60.7 Å². The van der Waals surface area contributed by atoms with Gasteiger partial charge in [-0.3, -0.25) is 4.99 Å². The smallest absolute Gasteiger partial charge is 0.228 e. The molecule has 0 saturated heterocycles. The van der Waals surface area contributed by atoms with Crippen LogP contribution in [0.5, 0.6) is 5.75 Å². The van der Waals surface area contributed by atoms with Crippen LogP contribution in [0.3, 0.4) is 0 Å². The van der Waals surface area contributed by atoms with Gasteiger partial charge in [-0.25, -0.2) is 4.98 Å². The molecule has 0 bridgehead atoms. The first-order valence-electron chi connectivity index (χ1n) is 14.1. The number of phenolic OH excluding ortho intramolecular Hbond substituents is 1. The van der Waals surface area contributed by atoms with E-state index in [9.17, 15) is 5.11 Å². The standard InChI is InChI=1S/C38H33N2O2.Pt/c1-24-17-25(2)19-28(18-24)27-15-16-34(41)29(20-27)23-39-33-14-10-9-13-31(33)37-40-36-32(26-11-7-6-8-12-26)21-30(38(3,4)5)22-35(36)42-37;/h6-11,13-23,41H,1-5H3;/q-1;. The van der Waals surface area contributed by atoms with Crippen LogP contribution >= 0.6 is 0 Å². The van der Waals surface area contributed by atoms with Crippen LogP contribution in [-0.4, -0.2) is 16.3 Å². The van der Waals surface area contributed by atoms with Crippen molar-refractivity contribution in [2.45, 2.75) is 40.0 Å². The summed E-state index contributed by atoms with van der Waals surface area (Å²) < 4.78 is 6.42. The minimum atomic E-state index is -0.0689. The van der Waals surface area contributed by atoms with Crippen LogP contribution in [0.2, 0.25) is 0 Å². The summed E-state index contributed by atoms with van der Waals surface area (Å²) in [5.41, 5.74) is 11.2. The van der Waals surface area contributed by atoms with Crippen molar-refractivity contribution in [2.24, 2.45) is 4.99 Å². The number of benzene rings is 5. The Morgan fingerprint density at radius 2 is 1.56 bits per heavy atom. The number of oxazole rings is 1. The van der Waals surface area contributed by atoms with Crippen molar-refractivity contribution in [3.63, 3.8) is 0 Å². The van der Waals surface area contributed by atoms with Crippen molar-refractivity contribution in [3.8, 4) is 39.5 Å². The average molecular weight is 745 g/mol. The van der Waals surface area contributed by atoms with Gasteiger partial charge in [-0.1, -0.05) is 79.9 Å². The fourth-order valence-corrected chi connectivity index (χ4v) is 5.23. The van der Waals surface area contributed by atoms with Crippen molar-refractivity contribution in [2.75, 3.05) is 0 Å². The molecule has 6 rings (SSSR count). The van der Waals surface area contributed by atoms with Gasteiger partial charge in [0.05, 0.1) is 16.8 Å². The molecule has 4 nitrogen and oxygen atoms in total. The van der Waals surface area contributed by atoms with Gasteiger partial charge in [0.1, 0.15) is 11.3 Å². The molecule has 0 fully saturated rings. The topological polar surface area (TPSA) is 58.6 Å². The van der Waals surface area contributed by atoms with E-state index >= 15 is 0 Å². The van der Waals surface area contributed by atoms with Gasteiger partial charge in [0.15, 0.2) is 0 Å². The maximum absolute atomic E-state index is 10.7. The Morgan fingerprint density at radius 1 is 0.814 bits per heavy atom. The summed E-state index contributed by atoms with van der Waals surface area (Å²) in [5.74, 6) is 0.666. The first kappa shape index (κ1) is 30.2. The summed E-state index contributed by atoms with van der Waals surface area (Å²) in [4.78, 5) is 9.78. The van der Waals surface area contributed by atoms with Crippen molar-refractivity contribution in [1.29, 1.82) is 0 Å². The molecule has 6 aromatic rings. The number of aliphatic imine (C=N–C) groups is 1. The largest absolute Gasteiger partial charge is 0.507 e. The predicted molar refractivity (Wildman–Crippen MR) is 173 cm³/mol. The maximum Gasteiger partial charge on any atom is 0.228 e. The van der Waals surface area contributed by atoms with Gasteiger partial charge < -0.3 is 9.52 Å². The molecule has 218 valence electrons. The van der Waals surface area contributed by atoms with Crippen LogP contribution in [0.25, 0.3) is 44.8 Å². The second-order valence-corrected chi connectivity index (χ2v) is 11.8. The third-order valence-corrected chi connectivity index (χ3v) is 7.42. The Balaban J connectivity index is 0.00000368. The second kappa shape index (κ2) is 12.1. The van der Waals surface area contributed by atoms with Crippen LogP contribution in [0.4, 0.5) is 5.69 Å². The number of hydrogen-bond acceptors (Lipinski definition) is 4. The Labute approximate surface area is 267 Å². The summed E-state index contributed by atoms with van der Waals surface area (Å²) in [6.07, 6.45) is 1.70. The molecule has 1 N–H and O–H groups in total. The van der Waals surface area contributed by atoms with E-state index in [4.69, 9.17) is 14.4 Å². The Morgan fingerprint density at radius 3 is 2.28 bits per heavy atom. The van der Waals surface area contributed by atoms with Crippen molar-refractivity contribution >= 4 is 23.0 Å². The van der Waals surface area contributed by atoms with E-state index in [1.165, 1.54) is 11.1 Å². The van der Waals surface area contributed by atoms with E-state index in [0.29, 0.717) is 17.1 Å². The molecule has 0 radical (unpaired) electrons. The first-order chi connectivity index (χ1) is 20.2. The van der Waals surface area contributed by atoms with Crippen LogP contribution in [0, 0.1) is 19.9 Å². The van der Waals surface area contributed by atoms with E-state index in [0.717, 1.165) is 44.5 Å². The van der Waals surface area contributed by atoms with E-state index in [2.05, 4.69) is 71.0 Å². The van der Waals surface area contributed by atoms with Crippen molar-refractivity contribution in [1.82, 2.24) is 4.98 Å². The van der Waals surface area contributed by atoms with Gasteiger partial charge >= 0.3 is 0 Å². The van der Waals surface area contributed by atoms with Gasteiger partial charge in [-0.15, -0.1) is 35.9 Å². The maximum atomic E-state index is 10.7. The summed E-state index contributed by atoms with van der Waals surface area (Å²) in [5, 5.41) is 10.7. The van der Waals surface area contributed by atoms with Crippen LogP contribution in [-0.2, 0) is 26.5 Å². The Kier molecular flexibility index (Phi) is 8.53. The molecule has 0 unspecified atom stereocenters. The number of fused-ring (bicyclic) bond motifs is 1. The van der Waals surface area contributed by atoms with E-state index in [-0.39, 0.29) is 32.2 Å². The number of nitrogens with zero attached hydrogens (tertiary/aromatic N) is 2. The zero-order chi connectivity index (χ0) is 29.4. The molecule has 0 atom stereocenters.